The number of carbonyl (C=O) groups is 1. The van der Waals surface area contributed by atoms with Crippen LogP contribution in [0.3, 0.4) is 0 Å². The summed E-state index contributed by atoms with van der Waals surface area (Å²) in [6.07, 6.45) is 2.50. The normalized spacial score (nSPS) is 13.6. The molecule has 0 atom stereocenters. The second-order valence-electron chi connectivity index (χ2n) is 5.99. The molecule has 1 N–H and O–H groups in total. The molecule has 1 amide bonds. The zero-order chi connectivity index (χ0) is 17.5. The van der Waals surface area contributed by atoms with Crippen LogP contribution in [0.1, 0.15) is 19.8 Å². The average Bonchev–Trinajstić information content (AvgIpc) is 3.16. The lowest BCUT2D eigenvalue weighted by Crippen LogP contribution is -2.20. The summed E-state index contributed by atoms with van der Waals surface area (Å²) in [6, 6.07) is 15.2. The van der Waals surface area contributed by atoms with Crippen LogP contribution in [0.5, 0.6) is 11.5 Å². The van der Waals surface area contributed by atoms with E-state index in [1.54, 1.807) is 12.1 Å². The van der Waals surface area contributed by atoms with E-state index in [2.05, 4.69) is 10.2 Å². The predicted molar refractivity (Wildman–Crippen MR) is 99.6 cm³/mol. The molecule has 3 rings (SSSR count). The molecule has 5 nitrogen and oxygen atoms in total. The Kier molecular flexibility index (Phi) is 5.77. The van der Waals surface area contributed by atoms with Crippen LogP contribution >= 0.6 is 0 Å². The second kappa shape index (κ2) is 8.42. The lowest BCUT2D eigenvalue weighted by Gasteiger charge is -2.17. The van der Waals surface area contributed by atoms with Crippen molar-refractivity contribution in [1.82, 2.24) is 0 Å². The number of hydrogen-bond donors (Lipinski definition) is 1. The lowest BCUT2D eigenvalue weighted by atomic mass is 10.2. The Labute approximate surface area is 148 Å². The highest BCUT2D eigenvalue weighted by atomic mass is 16.5. The van der Waals surface area contributed by atoms with Gasteiger partial charge in [0.1, 0.15) is 11.5 Å². The zero-order valence-corrected chi connectivity index (χ0v) is 14.5. The van der Waals surface area contributed by atoms with Gasteiger partial charge in [0.25, 0.3) is 5.91 Å². The third-order valence-electron chi connectivity index (χ3n) is 4.11. The number of nitrogens with one attached hydrogen (secondary N) is 1. The molecule has 0 aromatic heterocycles. The van der Waals surface area contributed by atoms with Gasteiger partial charge in [-0.1, -0.05) is 6.07 Å². The van der Waals surface area contributed by atoms with Crippen molar-refractivity contribution in [3.63, 3.8) is 0 Å². The van der Waals surface area contributed by atoms with E-state index in [0.717, 1.165) is 24.5 Å². The van der Waals surface area contributed by atoms with E-state index in [1.165, 1.54) is 18.5 Å². The summed E-state index contributed by atoms with van der Waals surface area (Å²) in [5.74, 6) is 1.17. The minimum atomic E-state index is -0.185. The van der Waals surface area contributed by atoms with Crippen LogP contribution < -0.4 is 19.7 Å². The summed E-state index contributed by atoms with van der Waals surface area (Å²) in [5, 5.41) is 2.86. The van der Waals surface area contributed by atoms with Crippen molar-refractivity contribution in [3.05, 3.63) is 48.5 Å². The molecular weight excluding hydrogens is 316 g/mol. The fourth-order valence-electron chi connectivity index (χ4n) is 2.90. The van der Waals surface area contributed by atoms with Gasteiger partial charge in [0.15, 0.2) is 6.61 Å². The molecule has 0 saturated carbocycles. The molecule has 5 heteroatoms. The van der Waals surface area contributed by atoms with Crippen molar-refractivity contribution in [2.75, 3.05) is 36.5 Å². The molecule has 1 heterocycles. The van der Waals surface area contributed by atoms with Gasteiger partial charge >= 0.3 is 0 Å². The van der Waals surface area contributed by atoms with Gasteiger partial charge in [-0.05, 0) is 56.2 Å². The number of rotatable bonds is 7. The van der Waals surface area contributed by atoms with Crippen LogP contribution in [0.4, 0.5) is 11.4 Å². The molecule has 0 bridgehead atoms. The van der Waals surface area contributed by atoms with Gasteiger partial charge in [-0.25, -0.2) is 0 Å². The first kappa shape index (κ1) is 17.1. The summed E-state index contributed by atoms with van der Waals surface area (Å²) in [7, 11) is 0. The van der Waals surface area contributed by atoms with Crippen molar-refractivity contribution >= 4 is 17.3 Å². The van der Waals surface area contributed by atoms with Crippen LogP contribution in [-0.2, 0) is 4.79 Å². The Hall–Kier alpha value is -2.69. The molecule has 1 fully saturated rings. The van der Waals surface area contributed by atoms with Gasteiger partial charge < -0.3 is 19.7 Å². The quantitative estimate of drug-likeness (QED) is 0.835. The smallest absolute Gasteiger partial charge is 0.262 e. The van der Waals surface area contributed by atoms with E-state index in [9.17, 15) is 4.79 Å². The van der Waals surface area contributed by atoms with Crippen LogP contribution in [0.2, 0.25) is 0 Å². The largest absolute Gasteiger partial charge is 0.494 e. The molecule has 132 valence electrons. The predicted octanol–water partition coefficient (Wildman–Crippen LogP) is 3.70. The van der Waals surface area contributed by atoms with Crippen LogP contribution in [0.15, 0.2) is 48.5 Å². The fourth-order valence-corrected chi connectivity index (χ4v) is 2.90. The molecule has 0 spiro atoms. The monoisotopic (exact) mass is 340 g/mol. The van der Waals surface area contributed by atoms with E-state index in [-0.39, 0.29) is 12.5 Å². The number of benzene rings is 2. The van der Waals surface area contributed by atoms with Gasteiger partial charge in [0.2, 0.25) is 0 Å². The molecule has 2 aromatic rings. The lowest BCUT2D eigenvalue weighted by molar-refractivity contribution is -0.118. The molecule has 1 saturated heterocycles. The number of anilines is 2. The zero-order valence-electron chi connectivity index (χ0n) is 14.5. The summed E-state index contributed by atoms with van der Waals surface area (Å²) in [4.78, 5) is 14.4. The molecule has 0 unspecified atom stereocenters. The molecule has 0 radical (unpaired) electrons. The van der Waals surface area contributed by atoms with Crippen molar-refractivity contribution < 1.29 is 14.3 Å². The highest BCUT2D eigenvalue weighted by Crippen LogP contribution is 2.22. The molecule has 25 heavy (non-hydrogen) atoms. The van der Waals surface area contributed by atoms with E-state index in [0.29, 0.717) is 12.4 Å². The summed E-state index contributed by atoms with van der Waals surface area (Å²) >= 11 is 0. The Morgan fingerprint density at radius 3 is 2.40 bits per heavy atom. The van der Waals surface area contributed by atoms with Crippen LogP contribution in [-0.4, -0.2) is 32.2 Å². The Morgan fingerprint density at radius 1 is 1.04 bits per heavy atom. The van der Waals surface area contributed by atoms with E-state index in [4.69, 9.17) is 9.47 Å². The van der Waals surface area contributed by atoms with Gasteiger partial charge in [-0.3, -0.25) is 4.79 Å². The number of nitrogens with zero attached hydrogens (tertiary/aromatic N) is 1. The molecule has 1 aliphatic rings. The van der Waals surface area contributed by atoms with Crippen molar-refractivity contribution in [2.24, 2.45) is 0 Å². The summed E-state index contributed by atoms with van der Waals surface area (Å²) in [5.41, 5.74) is 1.99. The summed E-state index contributed by atoms with van der Waals surface area (Å²) < 4.78 is 10.9. The fraction of sp³-hybridized carbons (Fsp3) is 0.350. The Balaban J connectivity index is 1.49. The third-order valence-corrected chi connectivity index (χ3v) is 4.11. The third kappa shape index (κ3) is 4.89. The highest BCUT2D eigenvalue weighted by Gasteiger charge is 2.12. The standard InChI is InChI=1S/C20H24N2O3/c1-2-24-18-6-5-7-19(14-18)25-15-20(23)21-16-8-10-17(11-9-16)22-12-3-4-13-22/h5-11,14H,2-4,12-13,15H2,1H3,(H,21,23). The van der Waals surface area contributed by atoms with Gasteiger partial charge in [-0.2, -0.15) is 0 Å². The van der Waals surface area contributed by atoms with E-state index < -0.39 is 0 Å². The molecule has 1 aliphatic heterocycles. The topological polar surface area (TPSA) is 50.8 Å². The van der Waals surface area contributed by atoms with E-state index in [1.807, 2.05) is 43.3 Å². The minimum absolute atomic E-state index is 0.0382. The average molecular weight is 340 g/mol. The van der Waals surface area contributed by atoms with Crippen molar-refractivity contribution in [2.45, 2.75) is 19.8 Å². The van der Waals surface area contributed by atoms with E-state index >= 15 is 0 Å². The Morgan fingerprint density at radius 2 is 1.72 bits per heavy atom. The first-order valence-electron chi connectivity index (χ1n) is 8.75. The van der Waals surface area contributed by atoms with Gasteiger partial charge in [0.05, 0.1) is 6.61 Å². The maximum absolute atomic E-state index is 12.1. The summed E-state index contributed by atoms with van der Waals surface area (Å²) in [6.45, 7) is 4.71. The Bertz CT molecular complexity index is 694. The number of carbonyl (C=O) groups excluding carboxylic acids is 1. The molecule has 2 aromatic carbocycles. The van der Waals surface area contributed by atoms with Crippen molar-refractivity contribution in [1.29, 1.82) is 0 Å². The van der Waals surface area contributed by atoms with Crippen LogP contribution in [0, 0.1) is 0 Å². The number of hydrogen-bond acceptors (Lipinski definition) is 4. The number of amides is 1. The van der Waals surface area contributed by atoms with Gasteiger partial charge in [-0.15, -0.1) is 0 Å². The van der Waals surface area contributed by atoms with Crippen molar-refractivity contribution in [3.8, 4) is 11.5 Å². The number of ether oxygens (including phenoxy) is 2. The molecular formula is C20H24N2O3. The maximum Gasteiger partial charge on any atom is 0.262 e. The first-order valence-corrected chi connectivity index (χ1v) is 8.75. The maximum atomic E-state index is 12.1. The van der Waals surface area contributed by atoms with Gasteiger partial charge in [0, 0.05) is 30.5 Å². The highest BCUT2D eigenvalue weighted by molar-refractivity contribution is 5.92. The first-order chi connectivity index (χ1) is 12.2. The SMILES string of the molecule is CCOc1cccc(OCC(=O)Nc2ccc(N3CCCC3)cc2)c1. The van der Waals surface area contributed by atoms with Crippen LogP contribution in [0.25, 0.3) is 0 Å². The second-order valence-corrected chi connectivity index (χ2v) is 5.99. The molecule has 0 aliphatic carbocycles. The minimum Gasteiger partial charge on any atom is -0.494 e.